The molecular weight excluding hydrogens is 283 g/mol. The molecule has 3 atom stereocenters. The summed E-state index contributed by atoms with van der Waals surface area (Å²) in [6, 6.07) is 6.57. The van der Waals surface area contributed by atoms with Gasteiger partial charge in [0.1, 0.15) is 5.82 Å². The van der Waals surface area contributed by atoms with Crippen molar-refractivity contribution in [3.05, 3.63) is 35.6 Å². The summed E-state index contributed by atoms with van der Waals surface area (Å²) in [5.74, 6) is 0.584. The van der Waals surface area contributed by atoms with Crippen molar-refractivity contribution < 1.29 is 14.3 Å². The fourth-order valence-electron chi connectivity index (χ4n) is 3.70. The Balaban J connectivity index is 0.00000147. The first-order chi connectivity index (χ1) is 9.14. The van der Waals surface area contributed by atoms with E-state index in [1.807, 2.05) is 6.07 Å². The van der Waals surface area contributed by atoms with Crippen LogP contribution in [0.1, 0.15) is 12.0 Å². The topological polar surface area (TPSA) is 61.4 Å². The lowest BCUT2D eigenvalue weighted by Gasteiger charge is -2.18. The van der Waals surface area contributed by atoms with E-state index in [0.717, 1.165) is 25.1 Å². The number of carbonyl (C=O) groups is 1. The molecule has 0 spiro atoms. The van der Waals surface area contributed by atoms with Gasteiger partial charge in [0.25, 0.3) is 0 Å². The summed E-state index contributed by atoms with van der Waals surface area (Å²) in [5, 5.41) is 14.7. The van der Waals surface area contributed by atoms with Crippen molar-refractivity contribution in [2.45, 2.75) is 11.8 Å². The molecule has 1 aromatic rings. The lowest BCUT2D eigenvalue weighted by molar-refractivity contribution is 0.193. The third-order valence-corrected chi connectivity index (χ3v) is 4.59. The third-order valence-electron chi connectivity index (χ3n) is 4.59. The van der Waals surface area contributed by atoms with E-state index in [1.165, 1.54) is 6.07 Å². The van der Waals surface area contributed by atoms with Crippen LogP contribution < -0.4 is 10.6 Å². The Kier molecular flexibility index (Phi) is 4.20. The van der Waals surface area contributed by atoms with Gasteiger partial charge in [0.2, 0.25) is 0 Å². The molecule has 1 aliphatic heterocycles. The smallest absolute Gasteiger partial charge is 0.404 e. The number of amides is 1. The van der Waals surface area contributed by atoms with Gasteiger partial charge in [-0.25, -0.2) is 9.18 Å². The third kappa shape index (κ3) is 2.36. The zero-order valence-corrected chi connectivity index (χ0v) is 11.8. The molecule has 6 heteroatoms. The Morgan fingerprint density at radius 2 is 2.30 bits per heavy atom. The minimum atomic E-state index is -1.02. The summed E-state index contributed by atoms with van der Waals surface area (Å²) >= 11 is 0. The fourth-order valence-corrected chi connectivity index (χ4v) is 3.70. The highest BCUT2D eigenvalue weighted by atomic mass is 35.5. The van der Waals surface area contributed by atoms with Gasteiger partial charge >= 0.3 is 6.09 Å². The van der Waals surface area contributed by atoms with Crippen LogP contribution in [0.2, 0.25) is 0 Å². The molecular formula is C14H18ClFN2O2. The largest absolute Gasteiger partial charge is 0.465 e. The number of nitrogens with one attached hydrogen (secondary N) is 2. The fraction of sp³-hybridized carbons (Fsp3) is 0.500. The predicted molar refractivity (Wildman–Crippen MR) is 75.8 cm³/mol. The van der Waals surface area contributed by atoms with Crippen molar-refractivity contribution >= 4 is 18.5 Å². The number of fused-ring (bicyclic) bond motifs is 1. The Bertz CT molecular complexity index is 500. The van der Waals surface area contributed by atoms with Crippen LogP contribution in [0.25, 0.3) is 0 Å². The second-order valence-electron chi connectivity index (χ2n) is 5.42. The van der Waals surface area contributed by atoms with E-state index in [-0.39, 0.29) is 23.6 Å². The average molecular weight is 301 g/mol. The van der Waals surface area contributed by atoms with E-state index < -0.39 is 6.09 Å². The predicted octanol–water partition coefficient (Wildman–Crippen LogP) is 1.99. The first kappa shape index (κ1) is 15.1. The number of hydrogen-bond acceptors (Lipinski definition) is 2. The molecule has 0 aromatic heterocycles. The Hall–Kier alpha value is -1.33. The van der Waals surface area contributed by atoms with Crippen molar-refractivity contribution in [3.8, 4) is 0 Å². The van der Waals surface area contributed by atoms with Crippen LogP contribution in [0.5, 0.6) is 0 Å². The molecule has 4 nitrogen and oxygen atoms in total. The van der Waals surface area contributed by atoms with Gasteiger partial charge in [0, 0.05) is 12.0 Å². The molecule has 20 heavy (non-hydrogen) atoms. The normalized spacial score (nSPS) is 30.9. The maximum absolute atomic E-state index is 13.4. The van der Waals surface area contributed by atoms with Gasteiger partial charge in [0.05, 0.1) is 0 Å². The van der Waals surface area contributed by atoms with Gasteiger partial charge in [0.15, 0.2) is 0 Å². The molecule has 1 heterocycles. The lowest BCUT2D eigenvalue weighted by Crippen LogP contribution is -2.33. The molecule has 1 saturated carbocycles. The molecule has 1 saturated heterocycles. The highest BCUT2D eigenvalue weighted by molar-refractivity contribution is 5.85. The monoisotopic (exact) mass is 300 g/mol. The van der Waals surface area contributed by atoms with Gasteiger partial charge in [-0.15, -0.1) is 12.4 Å². The molecule has 3 unspecified atom stereocenters. The van der Waals surface area contributed by atoms with Crippen LogP contribution in [0, 0.1) is 17.7 Å². The zero-order chi connectivity index (χ0) is 13.5. The Morgan fingerprint density at radius 3 is 2.90 bits per heavy atom. The maximum atomic E-state index is 13.4. The summed E-state index contributed by atoms with van der Waals surface area (Å²) < 4.78 is 13.4. The molecule has 3 N–H and O–H groups in total. The number of hydrogen-bond donors (Lipinski definition) is 3. The van der Waals surface area contributed by atoms with Crippen molar-refractivity contribution in [2.75, 3.05) is 19.6 Å². The minimum absolute atomic E-state index is 0. The van der Waals surface area contributed by atoms with Crippen LogP contribution in [0.4, 0.5) is 9.18 Å². The van der Waals surface area contributed by atoms with Gasteiger partial charge < -0.3 is 15.7 Å². The number of rotatable bonds is 3. The zero-order valence-electron chi connectivity index (χ0n) is 10.9. The number of piperidine rings is 1. The van der Waals surface area contributed by atoms with E-state index in [2.05, 4.69) is 10.6 Å². The Labute approximate surface area is 123 Å². The van der Waals surface area contributed by atoms with Crippen LogP contribution in [0.15, 0.2) is 24.3 Å². The molecule has 1 aliphatic carbocycles. The number of benzene rings is 1. The Morgan fingerprint density at radius 1 is 1.50 bits per heavy atom. The van der Waals surface area contributed by atoms with Crippen LogP contribution in [0.3, 0.4) is 0 Å². The molecule has 0 radical (unpaired) electrons. The second kappa shape index (κ2) is 5.58. The molecule has 3 rings (SSSR count). The van der Waals surface area contributed by atoms with Crippen molar-refractivity contribution in [1.29, 1.82) is 0 Å². The maximum Gasteiger partial charge on any atom is 0.404 e. The molecule has 1 amide bonds. The summed E-state index contributed by atoms with van der Waals surface area (Å²) in [4.78, 5) is 10.8. The SMILES string of the molecule is Cl.O=C(O)NCC1(c2cccc(F)c2)C2CCNCC21. The highest BCUT2D eigenvalue weighted by Crippen LogP contribution is 2.62. The van der Waals surface area contributed by atoms with E-state index in [0.29, 0.717) is 18.4 Å². The molecule has 110 valence electrons. The summed E-state index contributed by atoms with van der Waals surface area (Å²) in [5.41, 5.74) is 0.684. The van der Waals surface area contributed by atoms with Crippen molar-refractivity contribution in [2.24, 2.45) is 11.8 Å². The lowest BCUT2D eigenvalue weighted by atomic mass is 9.91. The highest BCUT2D eigenvalue weighted by Gasteiger charge is 2.65. The first-order valence-corrected chi connectivity index (χ1v) is 6.58. The average Bonchev–Trinajstić information content (AvgIpc) is 3.06. The van der Waals surface area contributed by atoms with Crippen molar-refractivity contribution in [1.82, 2.24) is 10.6 Å². The van der Waals surface area contributed by atoms with Crippen LogP contribution in [-0.4, -0.2) is 30.8 Å². The number of halogens is 2. The quantitative estimate of drug-likeness (QED) is 0.800. The van der Waals surface area contributed by atoms with E-state index in [1.54, 1.807) is 12.1 Å². The van der Waals surface area contributed by atoms with E-state index >= 15 is 0 Å². The molecule has 1 aromatic carbocycles. The van der Waals surface area contributed by atoms with Gasteiger partial charge in [-0.2, -0.15) is 0 Å². The standard InChI is InChI=1S/C14H17FN2O2.ClH/c15-10-3-1-2-9(6-10)14(8-17-13(18)19)11-4-5-16-7-12(11)14;/h1-3,6,11-12,16-17H,4-5,7-8H2,(H,18,19);1H. The van der Waals surface area contributed by atoms with Crippen molar-refractivity contribution in [3.63, 3.8) is 0 Å². The van der Waals surface area contributed by atoms with E-state index in [9.17, 15) is 9.18 Å². The first-order valence-electron chi connectivity index (χ1n) is 6.58. The van der Waals surface area contributed by atoms with Crippen LogP contribution in [-0.2, 0) is 5.41 Å². The van der Waals surface area contributed by atoms with E-state index in [4.69, 9.17) is 5.11 Å². The van der Waals surface area contributed by atoms with Gasteiger partial charge in [-0.05, 0) is 49.0 Å². The second-order valence-corrected chi connectivity index (χ2v) is 5.42. The summed E-state index contributed by atoms with van der Waals surface area (Å²) in [6.45, 7) is 2.19. The van der Waals surface area contributed by atoms with Crippen LogP contribution >= 0.6 is 12.4 Å². The van der Waals surface area contributed by atoms with Gasteiger partial charge in [-0.3, -0.25) is 0 Å². The minimum Gasteiger partial charge on any atom is -0.465 e. The van der Waals surface area contributed by atoms with Gasteiger partial charge in [-0.1, -0.05) is 12.1 Å². The molecule has 0 bridgehead atoms. The number of carboxylic acid groups (broad SMARTS) is 1. The molecule has 2 aliphatic rings. The summed E-state index contributed by atoms with van der Waals surface area (Å²) in [6.07, 6.45) is -0.00459. The summed E-state index contributed by atoms with van der Waals surface area (Å²) in [7, 11) is 0. The molecule has 2 fully saturated rings.